The van der Waals surface area contributed by atoms with Gasteiger partial charge in [0.15, 0.2) is 5.82 Å². The first-order valence-corrected chi connectivity index (χ1v) is 9.71. The van der Waals surface area contributed by atoms with Crippen LogP contribution in [0.25, 0.3) is 11.5 Å². The van der Waals surface area contributed by atoms with Crippen LogP contribution >= 0.6 is 7.60 Å². The van der Waals surface area contributed by atoms with Crippen LogP contribution in [0.3, 0.4) is 0 Å². The predicted molar refractivity (Wildman–Crippen MR) is 99.9 cm³/mol. The van der Waals surface area contributed by atoms with E-state index in [9.17, 15) is 14.2 Å². The Morgan fingerprint density at radius 3 is 2.50 bits per heavy atom. The van der Waals surface area contributed by atoms with E-state index in [1.807, 2.05) is 0 Å². The third kappa shape index (κ3) is 4.37. The van der Waals surface area contributed by atoms with Crippen molar-refractivity contribution in [1.29, 1.82) is 0 Å². The minimum absolute atomic E-state index is 0.116. The first kappa shape index (κ1) is 19.6. The number of H-pyrrole nitrogens is 1. The summed E-state index contributed by atoms with van der Waals surface area (Å²) in [7, 11) is -4.33. The minimum Gasteiger partial charge on any atom is -0.345 e. The standard InChI is InChI=1S/C17H16N5O5P/c1-10(11-4-6-12(7-5-11)28(25,26)27)20-16(23)13-9-18-15(21-17(13)24)14-3-2-8-19-22-14/h2-10H,1H3,(H,20,23)(H,18,21,24)(H2,25,26,27)/t10-/m1/s1. The van der Waals surface area contributed by atoms with Crippen LogP contribution in [-0.4, -0.2) is 35.9 Å². The van der Waals surface area contributed by atoms with E-state index >= 15 is 0 Å². The molecule has 0 spiro atoms. The van der Waals surface area contributed by atoms with E-state index in [1.165, 1.54) is 30.5 Å². The van der Waals surface area contributed by atoms with Crippen molar-refractivity contribution in [2.45, 2.75) is 13.0 Å². The van der Waals surface area contributed by atoms with Crippen molar-refractivity contribution in [1.82, 2.24) is 25.5 Å². The van der Waals surface area contributed by atoms with Crippen molar-refractivity contribution < 1.29 is 19.1 Å². The van der Waals surface area contributed by atoms with E-state index < -0.39 is 25.1 Å². The normalized spacial score (nSPS) is 12.4. The molecule has 1 amide bonds. The van der Waals surface area contributed by atoms with Gasteiger partial charge in [0.2, 0.25) is 0 Å². The number of carbonyl (C=O) groups excluding carboxylic acids is 1. The highest BCUT2D eigenvalue weighted by Crippen LogP contribution is 2.33. The molecule has 0 unspecified atom stereocenters. The fraction of sp³-hybridized carbons (Fsp3) is 0.118. The van der Waals surface area contributed by atoms with Gasteiger partial charge in [-0.1, -0.05) is 12.1 Å². The minimum atomic E-state index is -4.33. The highest BCUT2D eigenvalue weighted by molar-refractivity contribution is 7.60. The Balaban J connectivity index is 1.75. The summed E-state index contributed by atoms with van der Waals surface area (Å²) < 4.78 is 11.2. The van der Waals surface area contributed by atoms with Gasteiger partial charge < -0.3 is 20.1 Å². The van der Waals surface area contributed by atoms with Crippen LogP contribution in [0.2, 0.25) is 0 Å². The molecule has 3 rings (SSSR count). The highest BCUT2D eigenvalue weighted by Gasteiger charge is 2.19. The van der Waals surface area contributed by atoms with Gasteiger partial charge in [-0.15, -0.1) is 5.10 Å². The molecule has 3 aromatic rings. The molecular weight excluding hydrogens is 385 g/mol. The van der Waals surface area contributed by atoms with Gasteiger partial charge in [0.1, 0.15) is 11.3 Å². The monoisotopic (exact) mass is 401 g/mol. The van der Waals surface area contributed by atoms with Crippen molar-refractivity contribution in [3.63, 3.8) is 0 Å². The number of nitrogens with one attached hydrogen (secondary N) is 2. The lowest BCUT2D eigenvalue weighted by molar-refractivity contribution is 0.0938. The lowest BCUT2D eigenvalue weighted by Crippen LogP contribution is -2.32. The average Bonchev–Trinajstić information content (AvgIpc) is 2.68. The Labute approximate surface area is 158 Å². The summed E-state index contributed by atoms with van der Waals surface area (Å²) in [4.78, 5) is 49.4. The fourth-order valence-electron chi connectivity index (χ4n) is 2.43. The van der Waals surface area contributed by atoms with Crippen molar-refractivity contribution in [2.24, 2.45) is 0 Å². The van der Waals surface area contributed by atoms with Crippen molar-refractivity contribution in [2.75, 3.05) is 0 Å². The maximum atomic E-state index is 12.4. The van der Waals surface area contributed by atoms with E-state index in [2.05, 4.69) is 25.5 Å². The number of hydrogen-bond donors (Lipinski definition) is 4. The largest absolute Gasteiger partial charge is 0.356 e. The lowest BCUT2D eigenvalue weighted by atomic mass is 10.1. The number of amides is 1. The second kappa shape index (κ2) is 7.81. The second-order valence-electron chi connectivity index (χ2n) is 5.91. The fourth-order valence-corrected chi connectivity index (χ4v) is 2.97. The molecule has 1 aromatic carbocycles. The molecule has 28 heavy (non-hydrogen) atoms. The zero-order chi connectivity index (χ0) is 20.3. The molecule has 0 aliphatic heterocycles. The van der Waals surface area contributed by atoms with Crippen molar-refractivity contribution in [3.05, 3.63) is 70.3 Å². The third-order valence-electron chi connectivity index (χ3n) is 3.94. The van der Waals surface area contributed by atoms with E-state index in [1.54, 1.807) is 19.1 Å². The van der Waals surface area contributed by atoms with Gasteiger partial charge in [-0.2, -0.15) is 5.10 Å². The molecule has 11 heteroatoms. The summed E-state index contributed by atoms with van der Waals surface area (Å²) >= 11 is 0. The SMILES string of the molecule is C[C@@H](NC(=O)c1cnc(-c2cccnn2)[nH]c1=O)c1ccc(P(=O)(O)O)cc1. The Kier molecular flexibility index (Phi) is 5.46. The van der Waals surface area contributed by atoms with Gasteiger partial charge in [0.25, 0.3) is 11.5 Å². The van der Waals surface area contributed by atoms with Gasteiger partial charge >= 0.3 is 7.60 Å². The van der Waals surface area contributed by atoms with E-state index in [0.29, 0.717) is 11.3 Å². The Morgan fingerprint density at radius 1 is 1.21 bits per heavy atom. The summed E-state index contributed by atoms with van der Waals surface area (Å²) in [5.41, 5.74) is 0.180. The molecule has 144 valence electrons. The van der Waals surface area contributed by atoms with Gasteiger partial charge in [-0.3, -0.25) is 14.2 Å². The van der Waals surface area contributed by atoms with Gasteiger partial charge in [-0.25, -0.2) is 4.98 Å². The molecule has 2 heterocycles. The third-order valence-corrected chi connectivity index (χ3v) is 4.91. The zero-order valence-corrected chi connectivity index (χ0v) is 15.5. The zero-order valence-electron chi connectivity index (χ0n) is 14.6. The molecule has 4 N–H and O–H groups in total. The number of rotatable bonds is 5. The number of aromatic nitrogens is 4. The molecule has 0 saturated heterocycles. The molecule has 0 aliphatic rings. The van der Waals surface area contributed by atoms with Gasteiger partial charge in [-0.05, 0) is 36.8 Å². The molecule has 0 saturated carbocycles. The van der Waals surface area contributed by atoms with Gasteiger partial charge in [0, 0.05) is 12.4 Å². The Bertz CT molecular complexity index is 1090. The quantitative estimate of drug-likeness (QED) is 0.451. The molecule has 2 aromatic heterocycles. The van der Waals surface area contributed by atoms with Crippen LogP contribution in [0.4, 0.5) is 0 Å². The molecule has 0 bridgehead atoms. The summed E-state index contributed by atoms with van der Waals surface area (Å²) in [5.74, 6) is -0.443. The molecule has 10 nitrogen and oxygen atoms in total. The number of carbonyl (C=O) groups is 1. The predicted octanol–water partition coefficient (Wildman–Crippen LogP) is 0.521. The molecule has 1 atom stereocenters. The van der Waals surface area contributed by atoms with Crippen LogP contribution in [-0.2, 0) is 4.57 Å². The average molecular weight is 401 g/mol. The van der Waals surface area contributed by atoms with Crippen LogP contribution in [0, 0.1) is 0 Å². The molecule has 0 radical (unpaired) electrons. The second-order valence-corrected chi connectivity index (χ2v) is 7.52. The molecular formula is C17H16N5O5P. The highest BCUT2D eigenvalue weighted by atomic mass is 31.2. The first-order valence-electron chi connectivity index (χ1n) is 8.10. The summed E-state index contributed by atoms with van der Waals surface area (Å²) in [6.45, 7) is 1.68. The van der Waals surface area contributed by atoms with E-state index in [4.69, 9.17) is 9.79 Å². The van der Waals surface area contributed by atoms with Crippen LogP contribution < -0.4 is 16.2 Å². The number of benzene rings is 1. The Hall–Kier alpha value is -3.20. The number of aromatic amines is 1. The van der Waals surface area contributed by atoms with Gasteiger partial charge in [0.05, 0.1) is 11.3 Å². The summed E-state index contributed by atoms with van der Waals surface area (Å²) in [6.07, 6.45) is 2.64. The molecule has 0 aliphatic carbocycles. The first-order chi connectivity index (χ1) is 13.3. The number of nitrogens with zero attached hydrogens (tertiary/aromatic N) is 3. The van der Waals surface area contributed by atoms with Crippen LogP contribution in [0.15, 0.2) is 53.6 Å². The Morgan fingerprint density at radius 2 is 1.93 bits per heavy atom. The van der Waals surface area contributed by atoms with E-state index in [-0.39, 0.29) is 16.7 Å². The maximum absolute atomic E-state index is 12.4. The smallest absolute Gasteiger partial charge is 0.345 e. The summed E-state index contributed by atoms with van der Waals surface area (Å²) in [6, 6.07) is 8.35. The van der Waals surface area contributed by atoms with Crippen molar-refractivity contribution >= 4 is 18.8 Å². The molecule has 0 fully saturated rings. The van der Waals surface area contributed by atoms with Crippen molar-refractivity contribution in [3.8, 4) is 11.5 Å². The van der Waals surface area contributed by atoms with Crippen LogP contribution in [0.1, 0.15) is 28.9 Å². The topological polar surface area (TPSA) is 158 Å². The van der Waals surface area contributed by atoms with E-state index in [0.717, 1.165) is 6.20 Å². The van der Waals surface area contributed by atoms with Crippen LogP contribution in [0.5, 0.6) is 0 Å². The lowest BCUT2D eigenvalue weighted by Gasteiger charge is -2.15. The summed E-state index contributed by atoms with van der Waals surface area (Å²) in [5, 5.41) is 10.1. The number of hydrogen-bond acceptors (Lipinski definition) is 6. The maximum Gasteiger partial charge on any atom is 0.356 e.